The lowest BCUT2D eigenvalue weighted by atomic mass is 10.00. The van der Waals surface area contributed by atoms with Gasteiger partial charge in [0.1, 0.15) is 0 Å². The molecule has 8 rings (SSSR count). The van der Waals surface area contributed by atoms with Crippen LogP contribution in [0.15, 0.2) is 146 Å². The van der Waals surface area contributed by atoms with Crippen molar-refractivity contribution < 1.29 is 0 Å². The molecule has 3 nitrogen and oxygen atoms in total. The Morgan fingerprint density at radius 2 is 1.35 bits per heavy atom. The van der Waals surface area contributed by atoms with Gasteiger partial charge in [-0.25, -0.2) is 9.97 Å². The molecule has 0 unspecified atom stereocenters. The van der Waals surface area contributed by atoms with Crippen molar-refractivity contribution in [1.82, 2.24) is 14.5 Å². The Hall–Kier alpha value is -5.80. The molecule has 0 spiro atoms. The quantitative estimate of drug-likeness (QED) is 0.134. The van der Waals surface area contributed by atoms with E-state index in [1.165, 1.54) is 43.9 Å². The van der Waals surface area contributed by atoms with Crippen molar-refractivity contribution in [3.8, 4) is 28.1 Å². The van der Waals surface area contributed by atoms with Crippen LogP contribution < -0.4 is 0 Å². The number of allylic oxidation sites excluding steroid dienone is 4. The molecule has 0 radical (unpaired) electrons. The van der Waals surface area contributed by atoms with Crippen molar-refractivity contribution >= 4 is 49.1 Å². The largest absolute Gasteiger partial charge is 0.309 e. The molecule has 0 atom stereocenters. The van der Waals surface area contributed by atoms with Crippen LogP contribution in [-0.2, 0) is 6.42 Å². The first kappa shape index (κ1) is 31.8. The van der Waals surface area contributed by atoms with Gasteiger partial charge in [-0.05, 0) is 78.7 Å². The van der Waals surface area contributed by atoms with Gasteiger partial charge in [-0.2, -0.15) is 0 Å². The van der Waals surface area contributed by atoms with Crippen molar-refractivity contribution in [3.05, 3.63) is 157 Å². The van der Waals surface area contributed by atoms with Crippen molar-refractivity contribution in [2.75, 3.05) is 0 Å². The third-order valence-corrected chi connectivity index (χ3v) is 9.23. The number of hydrogen-bond donors (Lipinski definition) is 0. The Kier molecular flexibility index (Phi) is 8.91. The zero-order valence-electron chi connectivity index (χ0n) is 28.9. The summed E-state index contributed by atoms with van der Waals surface area (Å²) in [6.07, 6.45) is 7.23. The van der Waals surface area contributed by atoms with Crippen LogP contribution >= 0.6 is 0 Å². The normalized spacial score (nSPS) is 11.9. The minimum Gasteiger partial charge on any atom is -0.309 e. The summed E-state index contributed by atoms with van der Waals surface area (Å²) in [5, 5.41) is 5.83. The summed E-state index contributed by atoms with van der Waals surface area (Å²) in [6.45, 7) is 10.3. The zero-order chi connectivity index (χ0) is 33.9. The van der Waals surface area contributed by atoms with Gasteiger partial charge < -0.3 is 4.57 Å². The number of fused-ring (bicyclic) bond motifs is 6. The van der Waals surface area contributed by atoms with E-state index >= 15 is 0 Å². The summed E-state index contributed by atoms with van der Waals surface area (Å²) in [6, 6.07) is 46.1. The molecular weight excluding hydrogens is 595 g/mol. The highest BCUT2D eigenvalue weighted by Crippen LogP contribution is 2.37. The molecular formula is C46H41N3. The number of aromatic nitrogens is 3. The summed E-state index contributed by atoms with van der Waals surface area (Å²) >= 11 is 0. The molecule has 0 aliphatic heterocycles. The van der Waals surface area contributed by atoms with Crippen LogP contribution in [0.4, 0.5) is 0 Å². The third-order valence-electron chi connectivity index (χ3n) is 9.23. The fourth-order valence-corrected chi connectivity index (χ4v) is 6.89. The maximum absolute atomic E-state index is 5.23. The molecule has 2 aromatic heterocycles. The molecule has 49 heavy (non-hydrogen) atoms. The van der Waals surface area contributed by atoms with Gasteiger partial charge in [-0.15, -0.1) is 0 Å². The maximum atomic E-state index is 5.23. The Morgan fingerprint density at radius 3 is 2.16 bits per heavy atom. The first-order valence-corrected chi connectivity index (χ1v) is 17.4. The Bertz CT molecular complexity index is 2530. The summed E-state index contributed by atoms with van der Waals surface area (Å²) in [4.78, 5) is 10.4. The van der Waals surface area contributed by atoms with Crippen molar-refractivity contribution in [2.24, 2.45) is 0 Å². The van der Waals surface area contributed by atoms with Crippen LogP contribution in [0.2, 0.25) is 0 Å². The summed E-state index contributed by atoms with van der Waals surface area (Å²) < 4.78 is 2.39. The number of rotatable bonds is 6. The lowest BCUT2D eigenvalue weighted by Gasteiger charge is -2.14. The lowest BCUT2D eigenvalue weighted by Crippen LogP contribution is -1.99. The van der Waals surface area contributed by atoms with E-state index in [1.807, 2.05) is 33.8 Å². The molecule has 0 saturated carbocycles. The summed E-state index contributed by atoms with van der Waals surface area (Å²) in [7, 11) is 0. The number of aryl methyl sites for hydroxylation is 1. The molecule has 0 aliphatic rings. The van der Waals surface area contributed by atoms with Crippen LogP contribution in [0.25, 0.3) is 77.1 Å². The molecule has 0 aliphatic carbocycles. The molecule has 0 fully saturated rings. The predicted octanol–water partition coefficient (Wildman–Crippen LogP) is 12.8. The van der Waals surface area contributed by atoms with E-state index in [2.05, 4.69) is 151 Å². The molecule has 0 saturated heterocycles. The molecule has 6 aromatic carbocycles. The van der Waals surface area contributed by atoms with E-state index in [4.69, 9.17) is 9.97 Å². The van der Waals surface area contributed by atoms with Crippen molar-refractivity contribution in [3.63, 3.8) is 0 Å². The second-order valence-electron chi connectivity index (χ2n) is 12.0. The van der Waals surface area contributed by atoms with E-state index in [0.29, 0.717) is 0 Å². The van der Waals surface area contributed by atoms with Crippen LogP contribution in [0.1, 0.15) is 46.0 Å². The Morgan fingerprint density at radius 1 is 0.612 bits per heavy atom. The highest BCUT2D eigenvalue weighted by molar-refractivity contribution is 6.11. The van der Waals surface area contributed by atoms with Gasteiger partial charge in [0.2, 0.25) is 0 Å². The SMILES string of the molecule is C/C=C\C(=C/C)c1nc(-c2cccc(-n3c4ccccc4c4cc(-c5cccc(CC)c5)ccc43)c2)c2ccc3ccccc3c2n1.CC. The van der Waals surface area contributed by atoms with E-state index in [1.54, 1.807) is 0 Å². The molecule has 240 valence electrons. The van der Waals surface area contributed by atoms with Gasteiger partial charge in [0.05, 0.1) is 22.2 Å². The zero-order valence-corrected chi connectivity index (χ0v) is 28.9. The highest BCUT2D eigenvalue weighted by Gasteiger charge is 2.17. The molecule has 3 heteroatoms. The van der Waals surface area contributed by atoms with Crippen LogP contribution in [-0.4, -0.2) is 14.5 Å². The second kappa shape index (κ2) is 13.7. The second-order valence-corrected chi connectivity index (χ2v) is 12.0. The van der Waals surface area contributed by atoms with Gasteiger partial charge in [-0.1, -0.05) is 130 Å². The third kappa shape index (κ3) is 5.72. The maximum Gasteiger partial charge on any atom is 0.160 e. The van der Waals surface area contributed by atoms with Gasteiger partial charge in [0, 0.05) is 38.4 Å². The number of hydrogen-bond acceptors (Lipinski definition) is 2. The molecule has 0 amide bonds. The molecule has 8 aromatic rings. The van der Waals surface area contributed by atoms with Crippen molar-refractivity contribution in [2.45, 2.75) is 41.0 Å². The first-order chi connectivity index (χ1) is 24.2. The monoisotopic (exact) mass is 635 g/mol. The Labute approximate surface area is 288 Å². The minimum absolute atomic E-state index is 0.728. The average molecular weight is 636 g/mol. The fourth-order valence-electron chi connectivity index (χ4n) is 6.89. The number of benzene rings is 6. The van der Waals surface area contributed by atoms with Gasteiger partial charge >= 0.3 is 0 Å². The molecule has 0 N–H and O–H groups in total. The van der Waals surface area contributed by atoms with Crippen molar-refractivity contribution in [1.29, 1.82) is 0 Å². The smallest absolute Gasteiger partial charge is 0.160 e. The van der Waals surface area contributed by atoms with Gasteiger partial charge in [0.15, 0.2) is 5.82 Å². The van der Waals surface area contributed by atoms with E-state index in [-0.39, 0.29) is 0 Å². The highest BCUT2D eigenvalue weighted by atomic mass is 15.0. The topological polar surface area (TPSA) is 30.7 Å². The summed E-state index contributed by atoms with van der Waals surface area (Å²) in [5.41, 5.74) is 11.3. The minimum atomic E-state index is 0.728. The molecule has 2 heterocycles. The fraction of sp³-hybridized carbons (Fsp3) is 0.130. The van der Waals surface area contributed by atoms with Gasteiger partial charge in [-0.3, -0.25) is 0 Å². The first-order valence-electron chi connectivity index (χ1n) is 17.4. The van der Waals surface area contributed by atoms with E-state index in [9.17, 15) is 0 Å². The number of para-hydroxylation sites is 1. The van der Waals surface area contributed by atoms with Crippen LogP contribution in [0.5, 0.6) is 0 Å². The number of nitrogens with zero attached hydrogens (tertiary/aromatic N) is 3. The van der Waals surface area contributed by atoms with Crippen LogP contribution in [0, 0.1) is 0 Å². The van der Waals surface area contributed by atoms with Gasteiger partial charge in [0.25, 0.3) is 0 Å². The average Bonchev–Trinajstić information content (AvgIpc) is 3.51. The lowest BCUT2D eigenvalue weighted by molar-refractivity contribution is 1.14. The summed E-state index contributed by atoms with van der Waals surface area (Å²) in [5.74, 6) is 0.728. The predicted molar refractivity (Wildman–Crippen MR) is 211 cm³/mol. The standard InChI is InChI=1S/C44H35N3.C2H6/c1-4-13-30(6-3)44-45-42(38-24-22-31-15-7-8-19-36(31)43(38)46-44)34-17-12-18-35(27-34)47-40-21-10-9-20-37(40)39-28-33(23-25-41(39)47)32-16-11-14-29(5-2)26-32;1-2/h4,6-28H,5H2,1-3H3;1-2H3/b13-4-,30-6+;. The molecule has 0 bridgehead atoms. The van der Waals surface area contributed by atoms with Crippen LogP contribution in [0.3, 0.4) is 0 Å². The van der Waals surface area contributed by atoms with E-state index in [0.717, 1.165) is 51.1 Å². The van der Waals surface area contributed by atoms with E-state index < -0.39 is 0 Å². The Balaban J connectivity index is 0.00000186.